The highest BCUT2D eigenvalue weighted by Crippen LogP contribution is 2.09. The average molecular weight is 302 g/mol. The molecule has 2 rings (SSSR count). The Morgan fingerprint density at radius 2 is 1.32 bits per heavy atom. The summed E-state index contributed by atoms with van der Waals surface area (Å²) in [5.74, 6) is 6.16. The van der Waals surface area contributed by atoms with Crippen LogP contribution in [0.2, 0.25) is 0 Å². The number of hydrogen-bond donors (Lipinski definition) is 0. The molecule has 0 radical (unpaired) electrons. The van der Waals surface area contributed by atoms with Crippen molar-refractivity contribution in [3.05, 3.63) is 35.9 Å². The van der Waals surface area contributed by atoms with Crippen molar-refractivity contribution in [2.75, 3.05) is 13.2 Å². The Morgan fingerprint density at radius 3 is 1.68 bits per heavy atom. The summed E-state index contributed by atoms with van der Waals surface area (Å²) in [6.07, 6.45) is 7.04. The van der Waals surface area contributed by atoms with Gasteiger partial charge in [-0.05, 0) is 27.7 Å². The van der Waals surface area contributed by atoms with Crippen molar-refractivity contribution in [3.8, 4) is 11.8 Å². The lowest BCUT2D eigenvalue weighted by atomic mass is 10.3. The first-order chi connectivity index (χ1) is 10.6. The Bertz CT molecular complexity index is 596. The second kappa shape index (κ2) is 7.78. The Kier molecular flexibility index (Phi) is 5.75. The second-order valence-electron chi connectivity index (χ2n) is 4.78. The van der Waals surface area contributed by atoms with Crippen LogP contribution in [0.25, 0.3) is 0 Å². The maximum atomic E-state index is 5.48. The predicted molar refractivity (Wildman–Crippen MR) is 83.1 cm³/mol. The van der Waals surface area contributed by atoms with E-state index in [4.69, 9.17) is 9.47 Å². The summed E-state index contributed by atoms with van der Waals surface area (Å²) < 4.78 is 14.5. The molecular formula is C16H22N4O2. The van der Waals surface area contributed by atoms with Crippen molar-refractivity contribution >= 4 is 0 Å². The molecule has 6 heteroatoms. The van der Waals surface area contributed by atoms with Gasteiger partial charge in [-0.25, -0.2) is 9.36 Å². The van der Waals surface area contributed by atoms with Gasteiger partial charge in [-0.15, -0.1) is 0 Å². The molecule has 0 spiro atoms. The van der Waals surface area contributed by atoms with E-state index in [2.05, 4.69) is 22.0 Å². The molecule has 0 aliphatic heterocycles. The summed E-state index contributed by atoms with van der Waals surface area (Å²) in [6.45, 7) is 9.13. The Morgan fingerprint density at radius 1 is 0.909 bits per heavy atom. The van der Waals surface area contributed by atoms with Gasteiger partial charge in [0.15, 0.2) is 0 Å². The van der Waals surface area contributed by atoms with Crippen molar-refractivity contribution in [2.24, 2.45) is 0 Å². The molecule has 22 heavy (non-hydrogen) atoms. The van der Waals surface area contributed by atoms with Gasteiger partial charge in [0.25, 0.3) is 0 Å². The molecule has 2 atom stereocenters. The van der Waals surface area contributed by atoms with Crippen LogP contribution >= 0.6 is 0 Å². The van der Waals surface area contributed by atoms with E-state index in [0.717, 1.165) is 11.1 Å². The molecule has 0 saturated carbocycles. The van der Waals surface area contributed by atoms with E-state index >= 15 is 0 Å². The molecule has 0 bridgehead atoms. The first-order valence-electron chi connectivity index (χ1n) is 7.47. The maximum Gasteiger partial charge on any atom is 0.147 e. The van der Waals surface area contributed by atoms with Crippen molar-refractivity contribution in [2.45, 2.75) is 40.2 Å². The van der Waals surface area contributed by atoms with Crippen LogP contribution in [0.4, 0.5) is 0 Å². The quantitative estimate of drug-likeness (QED) is 0.770. The Balaban J connectivity index is 2.04. The molecule has 2 unspecified atom stereocenters. The lowest BCUT2D eigenvalue weighted by Gasteiger charge is -2.10. The van der Waals surface area contributed by atoms with Crippen LogP contribution in [0, 0.1) is 11.8 Å². The number of hydrogen-bond acceptors (Lipinski definition) is 4. The van der Waals surface area contributed by atoms with Crippen LogP contribution in [0.5, 0.6) is 0 Å². The third-order valence-corrected chi connectivity index (χ3v) is 3.12. The first kappa shape index (κ1) is 16.3. The van der Waals surface area contributed by atoms with Crippen LogP contribution in [0.15, 0.2) is 24.8 Å². The van der Waals surface area contributed by atoms with Crippen molar-refractivity contribution in [1.82, 2.24) is 19.6 Å². The van der Waals surface area contributed by atoms with Gasteiger partial charge in [0.05, 0.1) is 23.5 Å². The smallest absolute Gasteiger partial charge is 0.147 e. The van der Waals surface area contributed by atoms with Crippen molar-refractivity contribution in [3.63, 3.8) is 0 Å². The molecule has 0 aliphatic rings. The van der Waals surface area contributed by atoms with Gasteiger partial charge in [-0.1, -0.05) is 11.8 Å². The highest BCUT2D eigenvalue weighted by atomic mass is 16.5. The van der Waals surface area contributed by atoms with Gasteiger partial charge in [0.2, 0.25) is 0 Å². The van der Waals surface area contributed by atoms with Gasteiger partial charge in [0.1, 0.15) is 12.5 Å². The largest absolute Gasteiger partial charge is 0.357 e. The van der Waals surface area contributed by atoms with Crippen molar-refractivity contribution < 1.29 is 9.47 Å². The van der Waals surface area contributed by atoms with E-state index in [0.29, 0.717) is 13.2 Å². The molecule has 6 nitrogen and oxygen atoms in total. The van der Waals surface area contributed by atoms with Crippen LogP contribution in [-0.2, 0) is 9.47 Å². The zero-order chi connectivity index (χ0) is 15.9. The Hall–Kier alpha value is -2.10. The molecule has 2 aromatic heterocycles. The minimum absolute atomic E-state index is 0.0876. The first-order valence-corrected chi connectivity index (χ1v) is 7.47. The van der Waals surface area contributed by atoms with Gasteiger partial charge in [-0.2, -0.15) is 10.2 Å². The zero-order valence-electron chi connectivity index (χ0n) is 13.5. The molecule has 0 aromatic carbocycles. The normalized spacial score (nSPS) is 13.5. The van der Waals surface area contributed by atoms with Gasteiger partial charge in [0, 0.05) is 25.6 Å². The monoisotopic (exact) mass is 302 g/mol. The number of rotatable bonds is 6. The van der Waals surface area contributed by atoms with Crippen LogP contribution < -0.4 is 0 Å². The lowest BCUT2D eigenvalue weighted by molar-refractivity contribution is 0.0158. The molecule has 2 aromatic rings. The summed E-state index contributed by atoms with van der Waals surface area (Å²) in [4.78, 5) is 0. The summed E-state index contributed by atoms with van der Waals surface area (Å²) in [7, 11) is 0. The van der Waals surface area contributed by atoms with E-state index < -0.39 is 0 Å². The highest BCUT2D eigenvalue weighted by Gasteiger charge is 2.06. The SMILES string of the molecule is CCOC(C)n1cc(C#Cc2cnn(C(C)OCC)c2)cn1. The zero-order valence-corrected chi connectivity index (χ0v) is 13.5. The topological polar surface area (TPSA) is 54.1 Å². The molecule has 2 heterocycles. The molecular weight excluding hydrogens is 280 g/mol. The van der Waals surface area contributed by atoms with Gasteiger partial charge >= 0.3 is 0 Å². The summed E-state index contributed by atoms with van der Waals surface area (Å²) in [5.41, 5.74) is 1.69. The molecule has 0 aliphatic carbocycles. The number of ether oxygens (including phenoxy) is 2. The fourth-order valence-corrected chi connectivity index (χ4v) is 1.98. The van der Waals surface area contributed by atoms with Crippen molar-refractivity contribution in [1.29, 1.82) is 0 Å². The Labute approximate surface area is 131 Å². The van der Waals surface area contributed by atoms with E-state index in [-0.39, 0.29) is 12.5 Å². The molecule has 0 amide bonds. The maximum absolute atomic E-state index is 5.48. The standard InChI is InChI=1S/C16H22N4O2/c1-5-21-13(3)19-11-15(9-17-19)7-8-16-10-18-20(12-16)14(4)22-6-2/h9-14H,5-6H2,1-4H3. The fraction of sp³-hybridized carbons (Fsp3) is 0.500. The average Bonchev–Trinajstić information content (AvgIpc) is 3.15. The third kappa shape index (κ3) is 4.20. The molecule has 118 valence electrons. The van der Waals surface area contributed by atoms with Crippen LogP contribution in [0.1, 0.15) is 51.3 Å². The lowest BCUT2D eigenvalue weighted by Crippen LogP contribution is -2.09. The molecule has 0 fully saturated rings. The number of nitrogens with zero attached hydrogens (tertiary/aromatic N) is 4. The summed E-state index contributed by atoms with van der Waals surface area (Å²) >= 11 is 0. The second-order valence-corrected chi connectivity index (χ2v) is 4.78. The predicted octanol–water partition coefficient (Wildman–Crippen LogP) is 2.59. The summed E-state index contributed by atoms with van der Waals surface area (Å²) in [5, 5.41) is 8.51. The van der Waals surface area contributed by atoms with Crippen LogP contribution in [0.3, 0.4) is 0 Å². The number of aromatic nitrogens is 4. The van der Waals surface area contributed by atoms with E-state index in [1.54, 1.807) is 21.8 Å². The summed E-state index contributed by atoms with van der Waals surface area (Å²) in [6, 6.07) is 0. The minimum Gasteiger partial charge on any atom is -0.357 e. The molecule has 0 N–H and O–H groups in total. The van der Waals surface area contributed by atoms with E-state index in [1.165, 1.54) is 0 Å². The van der Waals surface area contributed by atoms with E-state index in [9.17, 15) is 0 Å². The highest BCUT2D eigenvalue weighted by molar-refractivity contribution is 5.39. The van der Waals surface area contributed by atoms with E-state index in [1.807, 2.05) is 40.1 Å². The third-order valence-electron chi connectivity index (χ3n) is 3.12. The fourth-order valence-electron chi connectivity index (χ4n) is 1.98. The van der Waals surface area contributed by atoms with Gasteiger partial charge < -0.3 is 9.47 Å². The molecule has 0 saturated heterocycles. The van der Waals surface area contributed by atoms with Crippen LogP contribution in [-0.4, -0.2) is 32.8 Å². The minimum atomic E-state index is -0.0876. The van der Waals surface area contributed by atoms with Gasteiger partial charge in [-0.3, -0.25) is 0 Å².